The highest BCUT2D eigenvalue weighted by Gasteiger charge is 2.28. The molecule has 1 aliphatic rings. The molecule has 2 aromatic rings. The van der Waals surface area contributed by atoms with E-state index >= 15 is 0 Å². The lowest BCUT2D eigenvalue weighted by Gasteiger charge is -2.41. The van der Waals surface area contributed by atoms with E-state index in [1.165, 1.54) is 37.9 Å². The Morgan fingerprint density at radius 3 is 2.45 bits per heavy atom. The van der Waals surface area contributed by atoms with Crippen molar-refractivity contribution in [1.82, 2.24) is 30.3 Å². The Balaban J connectivity index is 1.65. The average Bonchev–Trinajstić information content (AvgIpc) is 3.06. The minimum Gasteiger partial charge on any atom is -0.355 e. The van der Waals surface area contributed by atoms with Crippen molar-refractivity contribution in [2.24, 2.45) is 12.0 Å². The molecule has 158 valence electrons. The SMILES string of the molecule is Cc1nnc(CNC(=NCc2ccccc2)NCC(C)(C)N2CCCCC2)n1C. The van der Waals surface area contributed by atoms with Crippen LogP contribution in [0.2, 0.25) is 0 Å². The molecule has 0 amide bonds. The van der Waals surface area contributed by atoms with E-state index in [1.807, 2.05) is 36.7 Å². The zero-order valence-electron chi connectivity index (χ0n) is 18.3. The van der Waals surface area contributed by atoms with Crippen molar-refractivity contribution < 1.29 is 0 Å². The molecule has 0 spiro atoms. The van der Waals surface area contributed by atoms with Gasteiger partial charge in [0.25, 0.3) is 0 Å². The fraction of sp³-hybridized carbons (Fsp3) is 0.591. The number of guanidine groups is 1. The van der Waals surface area contributed by atoms with Crippen molar-refractivity contribution in [3.63, 3.8) is 0 Å². The summed E-state index contributed by atoms with van der Waals surface area (Å²) >= 11 is 0. The van der Waals surface area contributed by atoms with Crippen molar-refractivity contribution in [2.75, 3.05) is 19.6 Å². The van der Waals surface area contributed by atoms with Gasteiger partial charge in [-0.2, -0.15) is 0 Å². The second-order valence-electron chi connectivity index (χ2n) is 8.44. The van der Waals surface area contributed by atoms with Gasteiger partial charge in [0.05, 0.1) is 13.1 Å². The maximum Gasteiger partial charge on any atom is 0.192 e. The monoisotopic (exact) mass is 397 g/mol. The van der Waals surface area contributed by atoms with Crippen LogP contribution in [0, 0.1) is 6.92 Å². The second-order valence-corrected chi connectivity index (χ2v) is 8.44. The van der Waals surface area contributed by atoms with Gasteiger partial charge in [-0.3, -0.25) is 4.90 Å². The Morgan fingerprint density at radius 1 is 1.07 bits per heavy atom. The van der Waals surface area contributed by atoms with Gasteiger partial charge in [0, 0.05) is 19.1 Å². The maximum atomic E-state index is 4.81. The average molecular weight is 398 g/mol. The van der Waals surface area contributed by atoms with Crippen LogP contribution in [0.4, 0.5) is 0 Å². The Bertz CT molecular complexity index is 789. The first-order chi connectivity index (χ1) is 14.0. The van der Waals surface area contributed by atoms with Crippen LogP contribution >= 0.6 is 0 Å². The minimum atomic E-state index is 0.0803. The van der Waals surface area contributed by atoms with Gasteiger partial charge in [-0.05, 0) is 52.3 Å². The van der Waals surface area contributed by atoms with Crippen molar-refractivity contribution in [2.45, 2.75) is 58.7 Å². The van der Waals surface area contributed by atoms with Gasteiger partial charge in [-0.15, -0.1) is 10.2 Å². The highest BCUT2D eigenvalue weighted by molar-refractivity contribution is 5.79. The summed E-state index contributed by atoms with van der Waals surface area (Å²) in [6.45, 7) is 11.0. The highest BCUT2D eigenvalue weighted by atomic mass is 15.3. The van der Waals surface area contributed by atoms with Gasteiger partial charge in [0.15, 0.2) is 11.8 Å². The zero-order chi connectivity index (χ0) is 20.7. The molecule has 0 saturated carbocycles. The third-order valence-electron chi connectivity index (χ3n) is 5.76. The molecule has 29 heavy (non-hydrogen) atoms. The van der Waals surface area contributed by atoms with Crippen LogP contribution in [0.3, 0.4) is 0 Å². The number of benzene rings is 1. The molecular formula is C22H35N7. The van der Waals surface area contributed by atoms with Gasteiger partial charge in [-0.25, -0.2) is 4.99 Å². The minimum absolute atomic E-state index is 0.0803. The first-order valence-electron chi connectivity index (χ1n) is 10.6. The molecule has 0 aliphatic carbocycles. The van der Waals surface area contributed by atoms with E-state index in [1.54, 1.807) is 0 Å². The Labute approximate surface area is 174 Å². The smallest absolute Gasteiger partial charge is 0.192 e. The van der Waals surface area contributed by atoms with Gasteiger partial charge >= 0.3 is 0 Å². The van der Waals surface area contributed by atoms with Gasteiger partial charge in [0.2, 0.25) is 0 Å². The molecule has 1 aromatic carbocycles. The Kier molecular flexibility index (Phi) is 7.25. The standard InChI is InChI=1S/C22H35N7/c1-18-26-27-20(28(18)4)16-24-21(23-15-19-11-7-5-8-12-19)25-17-22(2,3)29-13-9-6-10-14-29/h5,7-8,11-12H,6,9-10,13-17H2,1-4H3,(H2,23,24,25). The fourth-order valence-electron chi connectivity index (χ4n) is 3.61. The summed E-state index contributed by atoms with van der Waals surface area (Å²) in [6.07, 6.45) is 3.94. The maximum absolute atomic E-state index is 4.81. The summed E-state index contributed by atoms with van der Waals surface area (Å²) in [6, 6.07) is 10.3. The van der Waals surface area contributed by atoms with Gasteiger partial charge in [-0.1, -0.05) is 36.8 Å². The molecule has 1 saturated heterocycles. The van der Waals surface area contributed by atoms with E-state index in [0.717, 1.165) is 24.2 Å². The highest BCUT2D eigenvalue weighted by Crippen LogP contribution is 2.19. The molecule has 0 bridgehead atoms. The number of nitrogens with zero attached hydrogens (tertiary/aromatic N) is 5. The van der Waals surface area contributed by atoms with E-state index < -0.39 is 0 Å². The van der Waals surface area contributed by atoms with Gasteiger partial charge in [0.1, 0.15) is 5.82 Å². The first-order valence-corrected chi connectivity index (χ1v) is 10.6. The van der Waals surface area contributed by atoms with Gasteiger partial charge < -0.3 is 15.2 Å². The molecule has 0 radical (unpaired) electrons. The lowest BCUT2D eigenvalue weighted by molar-refractivity contribution is 0.0982. The molecule has 7 nitrogen and oxygen atoms in total. The Hall–Kier alpha value is -2.41. The third kappa shape index (κ3) is 6.03. The summed E-state index contributed by atoms with van der Waals surface area (Å²) in [7, 11) is 1.99. The van der Waals surface area contributed by atoms with E-state index in [-0.39, 0.29) is 5.54 Å². The number of aromatic nitrogens is 3. The summed E-state index contributed by atoms with van der Waals surface area (Å²) in [5.74, 6) is 2.61. The van der Waals surface area contributed by atoms with E-state index in [0.29, 0.717) is 13.1 Å². The third-order valence-corrected chi connectivity index (χ3v) is 5.76. The predicted octanol–water partition coefficient (Wildman–Crippen LogP) is 2.62. The number of aliphatic imine (C=N–C) groups is 1. The van der Waals surface area contributed by atoms with Crippen LogP contribution < -0.4 is 10.6 Å². The second kappa shape index (κ2) is 9.87. The van der Waals surface area contributed by atoms with Crippen LogP contribution in [-0.2, 0) is 20.1 Å². The topological polar surface area (TPSA) is 70.4 Å². The van der Waals surface area contributed by atoms with Crippen molar-refractivity contribution in [3.05, 3.63) is 47.5 Å². The molecule has 2 N–H and O–H groups in total. The number of rotatable bonds is 7. The first kappa shape index (κ1) is 21.3. The molecule has 7 heteroatoms. The van der Waals surface area contributed by atoms with E-state index in [9.17, 15) is 0 Å². The predicted molar refractivity (Wildman–Crippen MR) is 118 cm³/mol. The molecule has 0 atom stereocenters. The molecule has 1 aliphatic heterocycles. The lowest BCUT2D eigenvalue weighted by Crippen LogP contribution is -2.54. The number of hydrogen-bond acceptors (Lipinski definition) is 4. The molecule has 0 unspecified atom stereocenters. The normalized spacial score (nSPS) is 16.1. The zero-order valence-corrected chi connectivity index (χ0v) is 18.3. The Morgan fingerprint density at radius 2 is 1.79 bits per heavy atom. The van der Waals surface area contributed by atoms with Crippen LogP contribution in [0.1, 0.15) is 50.3 Å². The van der Waals surface area contributed by atoms with E-state index in [2.05, 4.69) is 51.7 Å². The number of piperidine rings is 1. The summed E-state index contributed by atoms with van der Waals surface area (Å²) < 4.78 is 2.00. The molecule has 2 heterocycles. The summed E-state index contributed by atoms with van der Waals surface area (Å²) in [4.78, 5) is 7.40. The van der Waals surface area contributed by atoms with Crippen molar-refractivity contribution >= 4 is 5.96 Å². The van der Waals surface area contributed by atoms with E-state index in [4.69, 9.17) is 4.99 Å². The van der Waals surface area contributed by atoms with Crippen molar-refractivity contribution in [3.8, 4) is 0 Å². The summed E-state index contributed by atoms with van der Waals surface area (Å²) in [5.41, 5.74) is 1.27. The van der Waals surface area contributed by atoms with Crippen LogP contribution in [0.5, 0.6) is 0 Å². The quantitative estimate of drug-likeness (QED) is 0.555. The number of aryl methyl sites for hydroxylation is 1. The number of nitrogens with one attached hydrogen (secondary N) is 2. The molecule has 3 rings (SSSR count). The van der Waals surface area contributed by atoms with Crippen LogP contribution in [0.25, 0.3) is 0 Å². The molecule has 1 fully saturated rings. The van der Waals surface area contributed by atoms with Crippen LogP contribution in [-0.4, -0.2) is 50.8 Å². The van der Waals surface area contributed by atoms with Crippen LogP contribution in [0.15, 0.2) is 35.3 Å². The fourth-order valence-corrected chi connectivity index (χ4v) is 3.61. The largest absolute Gasteiger partial charge is 0.355 e. The lowest BCUT2D eigenvalue weighted by atomic mass is 9.98. The molecule has 1 aromatic heterocycles. The summed E-state index contributed by atoms with van der Waals surface area (Å²) in [5, 5.41) is 15.4. The number of likely N-dealkylation sites (tertiary alicyclic amines) is 1. The molecular weight excluding hydrogens is 362 g/mol. The van der Waals surface area contributed by atoms with Crippen molar-refractivity contribution in [1.29, 1.82) is 0 Å². The number of hydrogen-bond donors (Lipinski definition) is 2.